The van der Waals surface area contributed by atoms with Crippen molar-refractivity contribution < 1.29 is 8.78 Å². The molecule has 0 aliphatic carbocycles. The van der Waals surface area contributed by atoms with Gasteiger partial charge in [-0.3, -0.25) is 0 Å². The first-order chi connectivity index (χ1) is 9.15. The van der Waals surface area contributed by atoms with E-state index in [-0.39, 0.29) is 6.04 Å². The summed E-state index contributed by atoms with van der Waals surface area (Å²) in [6, 6.07) is 6.06. The van der Waals surface area contributed by atoms with Crippen LogP contribution in [0.2, 0.25) is 0 Å². The highest BCUT2D eigenvalue weighted by Gasteiger charge is 2.21. The summed E-state index contributed by atoms with van der Waals surface area (Å²) >= 11 is 1.57. The highest BCUT2D eigenvalue weighted by Crippen LogP contribution is 2.31. The SMILES string of the molecule is CCCNC(c1cccc(F)c1F)c1sccc1C. The second-order valence-electron chi connectivity index (χ2n) is 4.50. The van der Waals surface area contributed by atoms with Crippen molar-refractivity contribution in [1.82, 2.24) is 5.32 Å². The Balaban J connectivity index is 2.43. The zero-order valence-electron chi connectivity index (χ0n) is 11.0. The number of nitrogens with one attached hydrogen (secondary N) is 1. The Morgan fingerprint density at radius 1 is 1.26 bits per heavy atom. The van der Waals surface area contributed by atoms with E-state index in [0.717, 1.165) is 29.5 Å². The zero-order chi connectivity index (χ0) is 13.8. The second-order valence-corrected chi connectivity index (χ2v) is 5.45. The average molecular weight is 281 g/mol. The van der Waals surface area contributed by atoms with Crippen molar-refractivity contribution in [2.45, 2.75) is 26.3 Å². The van der Waals surface area contributed by atoms with Gasteiger partial charge in [-0.15, -0.1) is 11.3 Å². The lowest BCUT2D eigenvalue weighted by Gasteiger charge is -2.19. The molecule has 0 spiro atoms. The molecule has 1 N–H and O–H groups in total. The minimum Gasteiger partial charge on any atom is -0.305 e. The fraction of sp³-hybridized carbons (Fsp3) is 0.333. The summed E-state index contributed by atoms with van der Waals surface area (Å²) in [4.78, 5) is 1.04. The van der Waals surface area contributed by atoms with Gasteiger partial charge in [0.15, 0.2) is 11.6 Å². The van der Waals surface area contributed by atoms with Gasteiger partial charge in [-0.2, -0.15) is 0 Å². The van der Waals surface area contributed by atoms with Crippen molar-refractivity contribution in [3.63, 3.8) is 0 Å². The Morgan fingerprint density at radius 2 is 2.05 bits per heavy atom. The third-order valence-corrected chi connectivity index (χ3v) is 4.14. The quantitative estimate of drug-likeness (QED) is 0.855. The molecule has 1 aromatic carbocycles. The summed E-state index contributed by atoms with van der Waals surface area (Å²) in [6.45, 7) is 4.80. The Morgan fingerprint density at radius 3 is 2.68 bits per heavy atom. The van der Waals surface area contributed by atoms with Gasteiger partial charge >= 0.3 is 0 Å². The van der Waals surface area contributed by atoms with Gasteiger partial charge in [-0.05, 0) is 43.0 Å². The number of hydrogen-bond acceptors (Lipinski definition) is 2. The van der Waals surface area contributed by atoms with Crippen molar-refractivity contribution in [3.05, 3.63) is 57.3 Å². The lowest BCUT2D eigenvalue weighted by Crippen LogP contribution is -2.24. The van der Waals surface area contributed by atoms with Crippen LogP contribution < -0.4 is 5.32 Å². The molecule has 0 saturated heterocycles. The van der Waals surface area contributed by atoms with Crippen LogP contribution in [0.4, 0.5) is 8.78 Å². The predicted molar refractivity (Wildman–Crippen MR) is 75.6 cm³/mol. The van der Waals surface area contributed by atoms with Crippen LogP contribution in [0, 0.1) is 18.6 Å². The van der Waals surface area contributed by atoms with Crippen LogP contribution in [-0.2, 0) is 0 Å². The van der Waals surface area contributed by atoms with E-state index in [1.807, 2.05) is 25.3 Å². The summed E-state index contributed by atoms with van der Waals surface area (Å²) in [6.07, 6.45) is 0.942. The van der Waals surface area contributed by atoms with E-state index in [1.54, 1.807) is 23.5 Å². The average Bonchev–Trinajstić information content (AvgIpc) is 2.81. The van der Waals surface area contributed by atoms with Gasteiger partial charge in [-0.1, -0.05) is 19.1 Å². The minimum absolute atomic E-state index is 0.282. The monoisotopic (exact) mass is 281 g/mol. The van der Waals surface area contributed by atoms with Crippen LogP contribution in [0.25, 0.3) is 0 Å². The Labute approximate surface area is 116 Å². The van der Waals surface area contributed by atoms with E-state index >= 15 is 0 Å². The molecule has 0 radical (unpaired) electrons. The first-order valence-electron chi connectivity index (χ1n) is 6.36. The predicted octanol–water partition coefficient (Wildman–Crippen LogP) is 4.42. The van der Waals surface area contributed by atoms with Crippen molar-refractivity contribution >= 4 is 11.3 Å². The van der Waals surface area contributed by atoms with E-state index in [1.165, 1.54) is 0 Å². The molecule has 0 bridgehead atoms. The largest absolute Gasteiger partial charge is 0.305 e. The Hall–Kier alpha value is -1.26. The van der Waals surface area contributed by atoms with Crippen LogP contribution in [0.3, 0.4) is 0 Å². The fourth-order valence-corrected chi connectivity index (χ4v) is 3.08. The van der Waals surface area contributed by atoms with E-state index in [0.29, 0.717) is 5.56 Å². The smallest absolute Gasteiger partial charge is 0.163 e. The fourth-order valence-electron chi connectivity index (χ4n) is 2.06. The van der Waals surface area contributed by atoms with Crippen LogP contribution in [0.1, 0.15) is 35.4 Å². The van der Waals surface area contributed by atoms with Gasteiger partial charge in [0.25, 0.3) is 0 Å². The van der Waals surface area contributed by atoms with Gasteiger partial charge in [0, 0.05) is 10.4 Å². The van der Waals surface area contributed by atoms with Crippen LogP contribution in [-0.4, -0.2) is 6.54 Å². The van der Waals surface area contributed by atoms with Crippen molar-refractivity contribution in [2.75, 3.05) is 6.54 Å². The van der Waals surface area contributed by atoms with E-state index in [2.05, 4.69) is 5.32 Å². The molecular weight excluding hydrogens is 264 g/mol. The third kappa shape index (κ3) is 3.01. The molecular formula is C15H17F2NS. The molecule has 1 atom stereocenters. The Kier molecular flexibility index (Phi) is 4.66. The van der Waals surface area contributed by atoms with Crippen molar-refractivity contribution in [1.29, 1.82) is 0 Å². The normalized spacial score (nSPS) is 12.6. The molecule has 4 heteroatoms. The highest BCUT2D eigenvalue weighted by molar-refractivity contribution is 7.10. The zero-order valence-corrected chi connectivity index (χ0v) is 11.9. The molecule has 0 saturated carbocycles. The van der Waals surface area contributed by atoms with Crippen LogP contribution >= 0.6 is 11.3 Å². The highest BCUT2D eigenvalue weighted by atomic mass is 32.1. The molecule has 1 nitrogen and oxygen atoms in total. The first-order valence-corrected chi connectivity index (χ1v) is 7.24. The lowest BCUT2D eigenvalue weighted by molar-refractivity contribution is 0.481. The number of hydrogen-bond donors (Lipinski definition) is 1. The summed E-state index contributed by atoms with van der Waals surface area (Å²) in [7, 11) is 0. The molecule has 0 aliphatic rings. The van der Waals surface area contributed by atoms with Crippen LogP contribution in [0.5, 0.6) is 0 Å². The maximum absolute atomic E-state index is 14.0. The summed E-state index contributed by atoms with van der Waals surface area (Å²) < 4.78 is 27.4. The van der Waals surface area contributed by atoms with E-state index in [4.69, 9.17) is 0 Å². The first kappa shape index (κ1) is 14.2. The summed E-state index contributed by atoms with van der Waals surface area (Å²) in [5.41, 5.74) is 1.47. The molecule has 19 heavy (non-hydrogen) atoms. The number of rotatable bonds is 5. The molecule has 2 rings (SSSR count). The third-order valence-electron chi connectivity index (χ3n) is 3.05. The van der Waals surface area contributed by atoms with Crippen LogP contribution in [0.15, 0.2) is 29.6 Å². The molecule has 1 unspecified atom stereocenters. The van der Waals surface area contributed by atoms with Gasteiger partial charge in [0.05, 0.1) is 6.04 Å². The molecule has 2 aromatic rings. The van der Waals surface area contributed by atoms with E-state index < -0.39 is 11.6 Å². The molecule has 102 valence electrons. The Bertz CT molecular complexity index is 551. The summed E-state index contributed by atoms with van der Waals surface area (Å²) in [5, 5.41) is 5.28. The molecule has 1 aromatic heterocycles. The van der Waals surface area contributed by atoms with Crippen molar-refractivity contribution in [2.24, 2.45) is 0 Å². The topological polar surface area (TPSA) is 12.0 Å². The maximum atomic E-state index is 14.0. The van der Waals surface area contributed by atoms with Gasteiger partial charge < -0.3 is 5.32 Å². The molecule has 0 aliphatic heterocycles. The molecule has 0 fully saturated rings. The van der Waals surface area contributed by atoms with Crippen molar-refractivity contribution in [3.8, 4) is 0 Å². The molecule has 0 amide bonds. The van der Waals surface area contributed by atoms with E-state index in [9.17, 15) is 8.78 Å². The molecule has 1 heterocycles. The summed E-state index contributed by atoms with van der Waals surface area (Å²) in [5.74, 6) is -1.56. The number of halogens is 2. The number of benzene rings is 1. The van der Waals surface area contributed by atoms with Gasteiger partial charge in [-0.25, -0.2) is 8.78 Å². The number of aryl methyl sites for hydroxylation is 1. The maximum Gasteiger partial charge on any atom is 0.163 e. The van der Waals surface area contributed by atoms with Gasteiger partial charge in [0.2, 0.25) is 0 Å². The van der Waals surface area contributed by atoms with Gasteiger partial charge in [0.1, 0.15) is 0 Å². The minimum atomic E-state index is -0.796. The lowest BCUT2D eigenvalue weighted by atomic mass is 10.0. The second kappa shape index (κ2) is 6.26. The standard InChI is InChI=1S/C15H17F2NS/c1-3-8-18-14(15-10(2)7-9-19-15)11-5-4-6-12(16)13(11)17/h4-7,9,14,18H,3,8H2,1-2H3. The number of thiophene rings is 1.